The van der Waals surface area contributed by atoms with Crippen molar-refractivity contribution in [1.82, 2.24) is 9.97 Å². The van der Waals surface area contributed by atoms with Gasteiger partial charge >= 0.3 is 0 Å². The van der Waals surface area contributed by atoms with Gasteiger partial charge in [-0.3, -0.25) is 4.79 Å². The maximum absolute atomic E-state index is 12.8. The van der Waals surface area contributed by atoms with Gasteiger partial charge in [-0.05, 0) is 43.3 Å². The summed E-state index contributed by atoms with van der Waals surface area (Å²) in [5, 5.41) is 2.92. The number of anilines is 1. The summed E-state index contributed by atoms with van der Waals surface area (Å²) in [6.07, 6.45) is 3.28. The molecule has 6 heteroatoms. The summed E-state index contributed by atoms with van der Waals surface area (Å²) in [5.74, 6) is 1.42. The molecule has 5 nitrogen and oxygen atoms in total. The largest absolute Gasteiger partial charge is 0.459 e. The molecule has 144 valence electrons. The zero-order chi connectivity index (χ0) is 20.1. The van der Waals surface area contributed by atoms with E-state index in [1.807, 2.05) is 73.7 Å². The lowest BCUT2D eigenvalue weighted by Gasteiger charge is -2.08. The monoisotopic (exact) mass is 401 g/mol. The van der Waals surface area contributed by atoms with Crippen molar-refractivity contribution in [2.45, 2.75) is 17.6 Å². The van der Waals surface area contributed by atoms with Gasteiger partial charge in [-0.1, -0.05) is 30.3 Å². The van der Waals surface area contributed by atoms with Crippen molar-refractivity contribution in [3.05, 3.63) is 96.3 Å². The summed E-state index contributed by atoms with van der Waals surface area (Å²) in [6, 6.07) is 21.3. The molecule has 0 fully saturated rings. The van der Waals surface area contributed by atoms with Crippen LogP contribution in [0.1, 0.15) is 21.9 Å². The maximum atomic E-state index is 12.8. The van der Waals surface area contributed by atoms with Crippen LogP contribution in [0.15, 0.2) is 88.5 Å². The first-order valence-corrected chi connectivity index (χ1v) is 10.1. The van der Waals surface area contributed by atoms with Gasteiger partial charge in [0.1, 0.15) is 5.82 Å². The molecule has 0 aliphatic heterocycles. The van der Waals surface area contributed by atoms with E-state index in [0.29, 0.717) is 23.0 Å². The number of rotatable bonds is 6. The second kappa shape index (κ2) is 8.75. The molecule has 0 unspecified atom stereocenters. The molecule has 29 heavy (non-hydrogen) atoms. The van der Waals surface area contributed by atoms with Gasteiger partial charge in [-0.15, -0.1) is 11.8 Å². The van der Waals surface area contributed by atoms with Crippen LogP contribution in [0.3, 0.4) is 0 Å². The molecule has 0 bridgehead atoms. The highest BCUT2D eigenvalue weighted by Gasteiger charge is 2.16. The van der Waals surface area contributed by atoms with E-state index in [2.05, 4.69) is 15.3 Å². The number of nitrogens with zero attached hydrogens (tertiary/aromatic N) is 2. The third-order valence-corrected chi connectivity index (χ3v) is 5.34. The van der Waals surface area contributed by atoms with Crippen LogP contribution < -0.4 is 5.32 Å². The Morgan fingerprint density at radius 2 is 1.93 bits per heavy atom. The average Bonchev–Trinajstić information content (AvgIpc) is 3.22. The van der Waals surface area contributed by atoms with Crippen LogP contribution in [-0.4, -0.2) is 15.9 Å². The minimum atomic E-state index is -0.269. The number of aromatic nitrogens is 2. The number of aryl methyl sites for hydroxylation is 1. The molecule has 0 atom stereocenters. The number of amides is 1. The van der Waals surface area contributed by atoms with E-state index in [0.717, 1.165) is 21.7 Å². The Bertz CT molecular complexity index is 1130. The van der Waals surface area contributed by atoms with E-state index in [-0.39, 0.29) is 5.91 Å². The minimum absolute atomic E-state index is 0.269. The highest BCUT2D eigenvalue weighted by molar-refractivity contribution is 7.98. The van der Waals surface area contributed by atoms with Crippen LogP contribution in [0, 0.1) is 6.92 Å². The molecule has 0 radical (unpaired) electrons. The van der Waals surface area contributed by atoms with E-state index in [4.69, 9.17) is 4.42 Å². The van der Waals surface area contributed by atoms with Gasteiger partial charge in [0.25, 0.3) is 5.91 Å². The number of benzene rings is 2. The van der Waals surface area contributed by atoms with E-state index < -0.39 is 0 Å². The molecular formula is C23H19N3O2S. The smallest absolute Gasteiger partial charge is 0.291 e. The Labute approximate surface area is 173 Å². The Hall–Kier alpha value is -3.38. The van der Waals surface area contributed by atoms with Crippen LogP contribution in [0.4, 0.5) is 5.69 Å². The standard InChI is InChI=1S/C23H19N3O2S/c1-16-24-12-10-21(25-16)17-6-5-7-19(14-17)26-23(27)22-18(11-13-28-22)15-29-20-8-3-2-4-9-20/h2-14H,15H2,1H3,(H,26,27). The van der Waals surface area contributed by atoms with Gasteiger partial charge in [0, 0.05) is 33.7 Å². The van der Waals surface area contributed by atoms with Crippen LogP contribution in [0.25, 0.3) is 11.3 Å². The predicted molar refractivity (Wildman–Crippen MR) is 115 cm³/mol. The van der Waals surface area contributed by atoms with E-state index in [9.17, 15) is 4.79 Å². The zero-order valence-electron chi connectivity index (χ0n) is 15.8. The van der Waals surface area contributed by atoms with Gasteiger partial charge < -0.3 is 9.73 Å². The quantitative estimate of drug-likeness (QED) is 0.427. The normalized spacial score (nSPS) is 10.7. The predicted octanol–water partition coefficient (Wildman–Crippen LogP) is 5.59. The molecule has 2 aromatic heterocycles. The maximum Gasteiger partial charge on any atom is 0.291 e. The lowest BCUT2D eigenvalue weighted by atomic mass is 10.1. The highest BCUT2D eigenvalue weighted by Crippen LogP contribution is 2.26. The zero-order valence-corrected chi connectivity index (χ0v) is 16.6. The molecule has 4 rings (SSSR count). The molecular weight excluding hydrogens is 382 g/mol. The molecule has 2 heterocycles. The fourth-order valence-corrected chi connectivity index (χ4v) is 3.79. The number of hydrogen-bond acceptors (Lipinski definition) is 5. The van der Waals surface area contributed by atoms with Crippen molar-refractivity contribution in [3.63, 3.8) is 0 Å². The fourth-order valence-electron chi connectivity index (χ4n) is 2.89. The summed E-state index contributed by atoms with van der Waals surface area (Å²) in [7, 11) is 0. The molecule has 0 aliphatic carbocycles. The number of nitrogens with one attached hydrogen (secondary N) is 1. The van der Waals surface area contributed by atoms with E-state index in [1.165, 1.54) is 0 Å². The number of carbonyl (C=O) groups is 1. The first-order valence-electron chi connectivity index (χ1n) is 9.15. The third kappa shape index (κ3) is 4.73. The van der Waals surface area contributed by atoms with Crippen LogP contribution in [-0.2, 0) is 5.75 Å². The summed E-state index contributed by atoms with van der Waals surface area (Å²) in [4.78, 5) is 22.5. The lowest BCUT2D eigenvalue weighted by Crippen LogP contribution is -2.12. The van der Waals surface area contributed by atoms with Gasteiger partial charge in [-0.2, -0.15) is 0 Å². The number of furan rings is 1. The van der Waals surface area contributed by atoms with Crippen LogP contribution >= 0.6 is 11.8 Å². The van der Waals surface area contributed by atoms with Gasteiger partial charge in [0.15, 0.2) is 5.76 Å². The lowest BCUT2D eigenvalue weighted by molar-refractivity contribution is 0.0996. The van der Waals surface area contributed by atoms with Crippen LogP contribution in [0.2, 0.25) is 0 Å². The topological polar surface area (TPSA) is 68.0 Å². The Morgan fingerprint density at radius 3 is 2.76 bits per heavy atom. The summed E-state index contributed by atoms with van der Waals surface area (Å²) in [5.41, 5.74) is 3.26. The van der Waals surface area contributed by atoms with Gasteiger partial charge in [-0.25, -0.2) is 9.97 Å². The Balaban J connectivity index is 1.48. The third-order valence-electron chi connectivity index (χ3n) is 4.28. The molecule has 1 amide bonds. The summed E-state index contributed by atoms with van der Waals surface area (Å²) in [6.45, 7) is 1.85. The second-order valence-electron chi connectivity index (χ2n) is 6.40. The molecule has 0 aliphatic rings. The molecule has 0 spiro atoms. The van der Waals surface area contributed by atoms with Gasteiger partial charge in [0.2, 0.25) is 0 Å². The molecule has 2 aromatic carbocycles. The highest BCUT2D eigenvalue weighted by atomic mass is 32.2. The summed E-state index contributed by atoms with van der Waals surface area (Å²) < 4.78 is 5.47. The number of hydrogen-bond donors (Lipinski definition) is 1. The van der Waals surface area contributed by atoms with Crippen molar-refractivity contribution in [2.75, 3.05) is 5.32 Å². The average molecular weight is 401 g/mol. The molecule has 4 aromatic rings. The Morgan fingerprint density at radius 1 is 1.07 bits per heavy atom. The minimum Gasteiger partial charge on any atom is -0.459 e. The van der Waals surface area contributed by atoms with E-state index >= 15 is 0 Å². The van der Waals surface area contributed by atoms with E-state index in [1.54, 1.807) is 24.2 Å². The summed E-state index contributed by atoms with van der Waals surface area (Å²) >= 11 is 1.66. The SMILES string of the molecule is Cc1nccc(-c2cccc(NC(=O)c3occc3CSc3ccccc3)c2)n1. The van der Waals surface area contributed by atoms with Crippen molar-refractivity contribution < 1.29 is 9.21 Å². The van der Waals surface area contributed by atoms with Crippen molar-refractivity contribution in [3.8, 4) is 11.3 Å². The molecule has 1 N–H and O–H groups in total. The second-order valence-corrected chi connectivity index (χ2v) is 7.45. The Kier molecular flexibility index (Phi) is 5.72. The van der Waals surface area contributed by atoms with Crippen molar-refractivity contribution >= 4 is 23.4 Å². The van der Waals surface area contributed by atoms with Gasteiger partial charge in [0.05, 0.1) is 12.0 Å². The first kappa shape index (κ1) is 19.0. The first-order chi connectivity index (χ1) is 14.2. The number of carbonyl (C=O) groups excluding carboxylic acids is 1. The molecule has 0 saturated carbocycles. The van der Waals surface area contributed by atoms with Crippen LogP contribution in [0.5, 0.6) is 0 Å². The molecule has 0 saturated heterocycles. The fraction of sp³-hybridized carbons (Fsp3) is 0.0870. The van der Waals surface area contributed by atoms with Crippen molar-refractivity contribution in [2.24, 2.45) is 0 Å². The number of thioether (sulfide) groups is 1. The van der Waals surface area contributed by atoms with Crippen molar-refractivity contribution in [1.29, 1.82) is 0 Å².